The number of aromatic nitrogens is 1. The van der Waals surface area contributed by atoms with Crippen LogP contribution in [0.5, 0.6) is 11.5 Å². The Bertz CT molecular complexity index is 1490. The number of hydrogen-bond acceptors (Lipinski definition) is 7. The highest BCUT2D eigenvalue weighted by molar-refractivity contribution is 7.92. The van der Waals surface area contributed by atoms with Gasteiger partial charge in [-0.2, -0.15) is 0 Å². The van der Waals surface area contributed by atoms with E-state index in [0.29, 0.717) is 28.4 Å². The molecule has 0 saturated carbocycles. The van der Waals surface area contributed by atoms with Gasteiger partial charge in [0.05, 0.1) is 41.5 Å². The molecule has 3 N–H and O–H groups in total. The van der Waals surface area contributed by atoms with E-state index in [-0.39, 0.29) is 12.5 Å². The number of nitrogens with zero attached hydrogens (tertiary/aromatic N) is 1. The first-order valence-electron chi connectivity index (χ1n) is 10.4. The molecular formula is C24H24N4O5S. The molecule has 34 heavy (non-hydrogen) atoms. The fraction of sp³-hybridized carbons (Fsp3) is 0.167. The van der Waals surface area contributed by atoms with Crippen LogP contribution < -0.4 is 24.8 Å². The van der Waals surface area contributed by atoms with Crippen molar-refractivity contribution in [3.8, 4) is 11.5 Å². The highest BCUT2D eigenvalue weighted by atomic mass is 32.2. The standard InChI is InChI=1S/C24H24N4O5S/c1-25-23(29)14-33-16-9-10-18-21(13-16)26-19-7-5-4-6-17(19)24(18)27-20-11-8-15(12-22(20)32-2)28-34(3,30)31/h4-13,28H,14H2,1-3H3,(H,25,29)(H,26,27). The Morgan fingerprint density at radius 2 is 1.76 bits per heavy atom. The normalized spacial score (nSPS) is 11.3. The Kier molecular flexibility index (Phi) is 6.42. The predicted molar refractivity (Wildman–Crippen MR) is 134 cm³/mol. The zero-order chi connectivity index (χ0) is 24.3. The Hall–Kier alpha value is -4.05. The van der Waals surface area contributed by atoms with Crippen LogP contribution >= 0.6 is 0 Å². The molecular weight excluding hydrogens is 456 g/mol. The maximum absolute atomic E-state index is 11.6. The number of sulfonamides is 1. The summed E-state index contributed by atoms with van der Waals surface area (Å²) in [5.41, 5.74) is 3.31. The van der Waals surface area contributed by atoms with Crippen LogP contribution in [0.25, 0.3) is 21.8 Å². The summed E-state index contributed by atoms with van der Waals surface area (Å²) < 4.78 is 36.7. The van der Waals surface area contributed by atoms with Gasteiger partial charge in [-0.25, -0.2) is 13.4 Å². The van der Waals surface area contributed by atoms with Gasteiger partial charge in [0.25, 0.3) is 5.91 Å². The van der Waals surface area contributed by atoms with E-state index in [2.05, 4.69) is 15.4 Å². The van der Waals surface area contributed by atoms with Crippen molar-refractivity contribution in [2.75, 3.05) is 37.1 Å². The average Bonchev–Trinajstić information content (AvgIpc) is 2.81. The maximum Gasteiger partial charge on any atom is 0.257 e. The number of para-hydroxylation sites is 1. The molecule has 10 heteroatoms. The van der Waals surface area contributed by atoms with Crippen LogP contribution in [0.3, 0.4) is 0 Å². The molecule has 9 nitrogen and oxygen atoms in total. The lowest BCUT2D eigenvalue weighted by Crippen LogP contribution is -2.24. The van der Waals surface area contributed by atoms with Crippen molar-refractivity contribution in [2.24, 2.45) is 0 Å². The van der Waals surface area contributed by atoms with Crippen LogP contribution in [0.2, 0.25) is 0 Å². The molecule has 0 spiro atoms. The number of hydrogen-bond donors (Lipinski definition) is 3. The smallest absolute Gasteiger partial charge is 0.257 e. The molecule has 0 fully saturated rings. The number of likely N-dealkylation sites (N-methyl/N-ethyl adjacent to an activating group) is 1. The molecule has 176 valence electrons. The number of amides is 1. The van der Waals surface area contributed by atoms with E-state index in [0.717, 1.165) is 28.2 Å². The summed E-state index contributed by atoms with van der Waals surface area (Å²) in [5.74, 6) is 0.765. The third kappa shape index (κ3) is 5.12. The number of methoxy groups -OCH3 is 1. The summed E-state index contributed by atoms with van der Waals surface area (Å²) in [6.07, 6.45) is 1.09. The van der Waals surface area contributed by atoms with Gasteiger partial charge in [-0.05, 0) is 30.3 Å². The number of carbonyl (C=O) groups is 1. The summed E-state index contributed by atoms with van der Waals surface area (Å²) in [6, 6.07) is 18.2. The quantitative estimate of drug-likeness (QED) is 0.330. The molecule has 0 saturated heterocycles. The molecule has 3 aromatic carbocycles. The van der Waals surface area contributed by atoms with Crippen molar-refractivity contribution < 1.29 is 22.7 Å². The Morgan fingerprint density at radius 1 is 1.00 bits per heavy atom. The number of fused-ring (bicyclic) bond motifs is 2. The van der Waals surface area contributed by atoms with E-state index in [1.165, 1.54) is 7.11 Å². The second-order valence-electron chi connectivity index (χ2n) is 7.56. The van der Waals surface area contributed by atoms with Crippen LogP contribution in [0.15, 0.2) is 60.7 Å². The molecule has 0 aliphatic carbocycles. The molecule has 0 bridgehead atoms. The average molecular weight is 481 g/mol. The Labute approximate surface area is 197 Å². The van der Waals surface area contributed by atoms with Crippen molar-refractivity contribution in [3.63, 3.8) is 0 Å². The highest BCUT2D eigenvalue weighted by Gasteiger charge is 2.14. The second kappa shape index (κ2) is 9.44. The van der Waals surface area contributed by atoms with Gasteiger partial charge in [-0.15, -0.1) is 0 Å². The fourth-order valence-electron chi connectivity index (χ4n) is 3.52. The Balaban J connectivity index is 1.78. The van der Waals surface area contributed by atoms with Gasteiger partial charge >= 0.3 is 0 Å². The number of pyridine rings is 1. The van der Waals surface area contributed by atoms with Gasteiger partial charge in [0.1, 0.15) is 11.5 Å². The van der Waals surface area contributed by atoms with Crippen LogP contribution in [-0.4, -0.2) is 46.3 Å². The molecule has 1 heterocycles. The third-order valence-electron chi connectivity index (χ3n) is 5.07. The number of carbonyl (C=O) groups excluding carboxylic acids is 1. The predicted octanol–water partition coefficient (Wildman–Crippen LogP) is 3.64. The van der Waals surface area contributed by atoms with E-state index in [1.54, 1.807) is 37.4 Å². The monoisotopic (exact) mass is 480 g/mol. The van der Waals surface area contributed by atoms with E-state index < -0.39 is 10.0 Å². The largest absolute Gasteiger partial charge is 0.494 e. The molecule has 4 rings (SSSR count). The van der Waals surface area contributed by atoms with Gasteiger partial charge in [0, 0.05) is 30.0 Å². The summed E-state index contributed by atoms with van der Waals surface area (Å²) in [4.78, 5) is 16.3. The topological polar surface area (TPSA) is 119 Å². The first-order chi connectivity index (χ1) is 16.3. The minimum atomic E-state index is -3.42. The molecule has 0 aliphatic heterocycles. The van der Waals surface area contributed by atoms with Crippen LogP contribution in [-0.2, 0) is 14.8 Å². The Morgan fingerprint density at radius 3 is 2.50 bits per heavy atom. The number of ether oxygens (including phenoxy) is 2. The third-order valence-corrected chi connectivity index (χ3v) is 5.67. The summed E-state index contributed by atoms with van der Waals surface area (Å²) in [5, 5.41) is 7.69. The molecule has 1 aromatic heterocycles. The maximum atomic E-state index is 11.6. The molecule has 0 atom stereocenters. The molecule has 0 aliphatic rings. The lowest BCUT2D eigenvalue weighted by atomic mass is 10.1. The molecule has 1 amide bonds. The SMILES string of the molecule is CNC(=O)COc1ccc2c(Nc3ccc(NS(C)(=O)=O)cc3OC)c3ccccc3nc2c1. The van der Waals surface area contributed by atoms with Gasteiger partial charge in [0.2, 0.25) is 10.0 Å². The van der Waals surface area contributed by atoms with Crippen LogP contribution in [0.1, 0.15) is 0 Å². The van der Waals surface area contributed by atoms with Gasteiger partial charge in [-0.3, -0.25) is 9.52 Å². The van der Waals surface area contributed by atoms with Crippen molar-refractivity contribution >= 4 is 54.8 Å². The first-order valence-corrected chi connectivity index (χ1v) is 12.3. The zero-order valence-corrected chi connectivity index (χ0v) is 19.7. The number of rotatable bonds is 8. The van der Waals surface area contributed by atoms with E-state index in [1.807, 2.05) is 30.3 Å². The van der Waals surface area contributed by atoms with Crippen LogP contribution in [0, 0.1) is 0 Å². The van der Waals surface area contributed by atoms with Gasteiger partial charge < -0.3 is 20.1 Å². The molecule has 0 unspecified atom stereocenters. The lowest BCUT2D eigenvalue weighted by Gasteiger charge is -2.17. The molecule has 0 radical (unpaired) electrons. The number of benzene rings is 3. The summed E-state index contributed by atoms with van der Waals surface area (Å²) in [6.45, 7) is -0.0915. The van der Waals surface area contributed by atoms with Gasteiger partial charge in [0.15, 0.2) is 6.61 Å². The van der Waals surface area contributed by atoms with Crippen molar-refractivity contribution in [3.05, 3.63) is 60.7 Å². The molecule has 4 aromatic rings. The fourth-order valence-corrected chi connectivity index (χ4v) is 4.08. The minimum Gasteiger partial charge on any atom is -0.494 e. The second-order valence-corrected chi connectivity index (χ2v) is 9.31. The summed E-state index contributed by atoms with van der Waals surface area (Å²) in [7, 11) is -0.350. The number of nitrogens with one attached hydrogen (secondary N) is 3. The number of anilines is 3. The zero-order valence-electron chi connectivity index (χ0n) is 18.9. The van der Waals surface area contributed by atoms with E-state index in [4.69, 9.17) is 14.5 Å². The lowest BCUT2D eigenvalue weighted by molar-refractivity contribution is -0.122. The van der Waals surface area contributed by atoms with E-state index >= 15 is 0 Å². The van der Waals surface area contributed by atoms with Crippen molar-refractivity contribution in [1.82, 2.24) is 10.3 Å². The highest BCUT2D eigenvalue weighted by Crippen LogP contribution is 2.38. The van der Waals surface area contributed by atoms with Crippen molar-refractivity contribution in [2.45, 2.75) is 0 Å². The van der Waals surface area contributed by atoms with Crippen LogP contribution in [0.4, 0.5) is 17.1 Å². The first kappa shape index (κ1) is 23.1. The van der Waals surface area contributed by atoms with Gasteiger partial charge in [-0.1, -0.05) is 18.2 Å². The minimum absolute atomic E-state index is 0.0915. The van der Waals surface area contributed by atoms with E-state index in [9.17, 15) is 13.2 Å². The summed E-state index contributed by atoms with van der Waals surface area (Å²) >= 11 is 0. The van der Waals surface area contributed by atoms with Crippen molar-refractivity contribution in [1.29, 1.82) is 0 Å².